The molecule has 0 atom stereocenters. The summed E-state index contributed by atoms with van der Waals surface area (Å²) in [5.41, 5.74) is 0.877. The van der Waals surface area contributed by atoms with Gasteiger partial charge in [-0.05, 0) is 23.9 Å². The van der Waals surface area contributed by atoms with Crippen LogP contribution in [-0.4, -0.2) is 30.3 Å². The molecule has 1 heterocycles. The number of fused-ring (bicyclic) bond motifs is 1. The van der Waals surface area contributed by atoms with Gasteiger partial charge in [-0.3, -0.25) is 5.32 Å². The number of hydrogen-bond donors (Lipinski definition) is 3. The van der Waals surface area contributed by atoms with Crippen LogP contribution in [0.15, 0.2) is 30.5 Å². The third kappa shape index (κ3) is 5.86. The van der Waals surface area contributed by atoms with Gasteiger partial charge in [-0.25, -0.2) is 14.6 Å². The number of halogens is 1. The molecule has 8 heteroatoms. The highest BCUT2D eigenvalue weighted by Crippen LogP contribution is 2.20. The zero-order valence-corrected chi connectivity index (χ0v) is 14.5. The number of hydrogen-bond acceptors (Lipinski definition) is 4. The van der Waals surface area contributed by atoms with Gasteiger partial charge in [-0.1, -0.05) is 24.1 Å². The summed E-state index contributed by atoms with van der Waals surface area (Å²) in [4.78, 5) is 27.2. The molecule has 2 aromatic rings. The van der Waals surface area contributed by atoms with Crippen molar-refractivity contribution in [3.05, 3.63) is 36.0 Å². The van der Waals surface area contributed by atoms with Crippen molar-refractivity contribution in [1.82, 2.24) is 15.6 Å². The van der Waals surface area contributed by atoms with Crippen LogP contribution in [0.1, 0.15) is 12.5 Å². The van der Waals surface area contributed by atoms with Gasteiger partial charge >= 0.3 is 12.1 Å². The van der Waals surface area contributed by atoms with Gasteiger partial charge in [-0.15, -0.1) is 18.8 Å². The van der Waals surface area contributed by atoms with E-state index in [1.165, 1.54) is 0 Å². The maximum absolute atomic E-state index is 11.5. The highest BCUT2D eigenvalue weighted by molar-refractivity contribution is 5.92. The van der Waals surface area contributed by atoms with Gasteiger partial charge in [0.15, 0.2) is 6.61 Å². The number of amides is 3. The van der Waals surface area contributed by atoms with Crippen molar-refractivity contribution in [3.8, 4) is 12.3 Å². The van der Waals surface area contributed by atoms with Crippen LogP contribution in [0.5, 0.6) is 0 Å². The number of carbonyl (C=O) groups is 2. The number of pyridine rings is 1. The first-order chi connectivity index (χ1) is 11.6. The second-order valence-electron chi connectivity index (χ2n) is 4.83. The maximum atomic E-state index is 11.5. The number of anilines is 1. The molecule has 0 aliphatic carbocycles. The van der Waals surface area contributed by atoms with Crippen LogP contribution in [0.3, 0.4) is 0 Å². The third-order valence-electron chi connectivity index (χ3n) is 3.14. The molecule has 2 rings (SSSR count). The summed E-state index contributed by atoms with van der Waals surface area (Å²) in [6.45, 7) is 2.58. The Bertz CT molecular complexity index is 789. The lowest BCUT2D eigenvalue weighted by atomic mass is 10.1. The average molecular weight is 363 g/mol. The lowest BCUT2D eigenvalue weighted by Gasteiger charge is -2.10. The summed E-state index contributed by atoms with van der Waals surface area (Å²) in [5.74, 6) is 2.68. The van der Waals surface area contributed by atoms with Crippen LogP contribution >= 0.6 is 12.4 Å². The Kier molecular flexibility index (Phi) is 8.03. The van der Waals surface area contributed by atoms with Gasteiger partial charge in [0.05, 0.1) is 0 Å². The van der Waals surface area contributed by atoms with E-state index in [4.69, 9.17) is 11.2 Å². The molecule has 0 fully saturated rings. The molecule has 0 radical (unpaired) electrons. The third-order valence-corrected chi connectivity index (χ3v) is 3.14. The Hall–Kier alpha value is -2.98. The number of rotatable bonds is 5. The van der Waals surface area contributed by atoms with E-state index in [1.807, 2.05) is 25.1 Å². The number of carbonyl (C=O) groups excluding carboxylic acids is 2. The summed E-state index contributed by atoms with van der Waals surface area (Å²) in [5, 5.41) is 9.69. The number of nitrogens with zero attached hydrogens (tertiary/aromatic N) is 1. The van der Waals surface area contributed by atoms with Crippen molar-refractivity contribution in [3.63, 3.8) is 0 Å². The number of ether oxygens (including phenoxy) is 1. The minimum atomic E-state index is -0.576. The van der Waals surface area contributed by atoms with Crippen LogP contribution in [0.2, 0.25) is 0 Å². The molecule has 0 saturated heterocycles. The number of nitrogens with one attached hydrogen (secondary N) is 3. The number of urea groups is 1. The molecule has 3 N–H and O–H groups in total. The largest absolute Gasteiger partial charge is 0.436 e. The van der Waals surface area contributed by atoms with Crippen molar-refractivity contribution in [2.45, 2.75) is 13.5 Å². The predicted octanol–water partition coefficient (Wildman–Crippen LogP) is 2.66. The minimum Gasteiger partial charge on any atom is -0.436 e. The van der Waals surface area contributed by atoms with Crippen molar-refractivity contribution in [2.24, 2.45) is 0 Å². The molecule has 7 nitrogen and oxygen atoms in total. The summed E-state index contributed by atoms with van der Waals surface area (Å²) < 4.78 is 4.75. The normalized spacial score (nSPS) is 9.44. The minimum absolute atomic E-state index is 0. The first kappa shape index (κ1) is 20.1. The van der Waals surface area contributed by atoms with E-state index in [2.05, 4.69) is 26.9 Å². The first-order valence-electron chi connectivity index (χ1n) is 7.40. The molecular weight excluding hydrogens is 344 g/mol. The van der Waals surface area contributed by atoms with E-state index in [9.17, 15) is 9.59 Å². The first-order valence-corrected chi connectivity index (χ1v) is 7.40. The molecule has 1 aromatic carbocycles. The van der Waals surface area contributed by atoms with Crippen molar-refractivity contribution in [1.29, 1.82) is 0 Å². The van der Waals surface area contributed by atoms with E-state index < -0.39 is 6.09 Å². The Morgan fingerprint density at radius 3 is 2.84 bits per heavy atom. The molecule has 0 aliphatic rings. The fraction of sp³-hybridized carbons (Fsp3) is 0.235. The van der Waals surface area contributed by atoms with Gasteiger partial charge < -0.3 is 15.4 Å². The zero-order valence-electron chi connectivity index (χ0n) is 13.7. The highest BCUT2D eigenvalue weighted by Gasteiger charge is 2.07. The molecular formula is C17H19ClN4O3. The standard InChI is InChI=1S/C17H18N4O3.ClH/c1-3-8-24-17(23)20-10-13-7-5-6-12-9-15(19-11-14(12)13)21-16(22)18-4-2;/h1,5-7,9,11H,4,8,10H2,2H3,(H,20,23)(H2,18,19,21,22);1H. The Morgan fingerprint density at radius 2 is 2.12 bits per heavy atom. The quantitative estimate of drug-likeness (QED) is 0.713. The monoisotopic (exact) mass is 362 g/mol. The highest BCUT2D eigenvalue weighted by atomic mass is 35.5. The van der Waals surface area contributed by atoms with Gasteiger partial charge in [0.1, 0.15) is 5.82 Å². The predicted molar refractivity (Wildman–Crippen MR) is 98.7 cm³/mol. The van der Waals surface area contributed by atoms with Crippen molar-refractivity contribution < 1.29 is 14.3 Å². The van der Waals surface area contributed by atoms with Crippen LogP contribution in [0.4, 0.5) is 15.4 Å². The Morgan fingerprint density at radius 1 is 1.32 bits per heavy atom. The average Bonchev–Trinajstić information content (AvgIpc) is 2.58. The van der Waals surface area contributed by atoms with Crippen LogP contribution in [-0.2, 0) is 11.3 Å². The van der Waals surface area contributed by atoms with Crippen molar-refractivity contribution in [2.75, 3.05) is 18.5 Å². The van der Waals surface area contributed by atoms with Gasteiger partial charge in [0.25, 0.3) is 0 Å². The van der Waals surface area contributed by atoms with E-state index in [1.54, 1.807) is 12.3 Å². The lowest BCUT2D eigenvalue weighted by molar-refractivity contribution is 0.159. The SMILES string of the molecule is C#CCOC(=O)NCc1cccc2cc(NC(=O)NCC)ncc12.Cl. The second-order valence-corrected chi connectivity index (χ2v) is 4.83. The molecule has 0 spiro atoms. The molecule has 0 aliphatic heterocycles. The zero-order chi connectivity index (χ0) is 17.4. The fourth-order valence-electron chi connectivity index (χ4n) is 2.10. The Balaban J connectivity index is 0.00000312. The number of terminal acetylenes is 1. The fourth-order valence-corrected chi connectivity index (χ4v) is 2.10. The Labute approximate surface area is 151 Å². The van der Waals surface area contributed by atoms with E-state index in [-0.39, 0.29) is 31.6 Å². The number of benzene rings is 1. The summed E-state index contributed by atoms with van der Waals surface area (Å²) in [6, 6.07) is 7.10. The molecule has 1 aromatic heterocycles. The van der Waals surface area contributed by atoms with Crippen LogP contribution in [0, 0.1) is 12.3 Å². The van der Waals surface area contributed by atoms with E-state index >= 15 is 0 Å². The van der Waals surface area contributed by atoms with E-state index in [0.717, 1.165) is 16.3 Å². The topological polar surface area (TPSA) is 92.4 Å². The van der Waals surface area contributed by atoms with Crippen molar-refractivity contribution >= 4 is 41.1 Å². The maximum Gasteiger partial charge on any atom is 0.408 e. The molecule has 0 bridgehead atoms. The van der Waals surface area contributed by atoms with E-state index in [0.29, 0.717) is 12.4 Å². The van der Waals surface area contributed by atoms with Gasteiger partial charge in [-0.2, -0.15) is 0 Å². The van der Waals surface area contributed by atoms with Gasteiger partial charge in [0, 0.05) is 24.7 Å². The summed E-state index contributed by atoms with van der Waals surface area (Å²) >= 11 is 0. The molecule has 0 saturated carbocycles. The molecule has 0 unspecified atom stereocenters. The number of aromatic nitrogens is 1. The van der Waals surface area contributed by atoms with Gasteiger partial charge in [0.2, 0.25) is 0 Å². The summed E-state index contributed by atoms with van der Waals surface area (Å²) in [7, 11) is 0. The summed E-state index contributed by atoms with van der Waals surface area (Å²) in [6.07, 6.45) is 6.11. The number of alkyl carbamates (subject to hydrolysis) is 1. The molecule has 25 heavy (non-hydrogen) atoms. The van der Waals surface area contributed by atoms with Crippen LogP contribution < -0.4 is 16.0 Å². The smallest absolute Gasteiger partial charge is 0.408 e. The lowest BCUT2D eigenvalue weighted by Crippen LogP contribution is -2.28. The molecule has 132 valence electrons. The second kappa shape index (κ2) is 10.0. The van der Waals surface area contributed by atoms with Crippen LogP contribution in [0.25, 0.3) is 10.8 Å². The molecule has 3 amide bonds.